The number of alkyl halides is 3. The number of ether oxygens (including phenoxy) is 1. The van der Waals surface area contributed by atoms with E-state index in [4.69, 9.17) is 16.3 Å². The molecule has 4 nitrogen and oxygen atoms in total. The number of nitrogens with one attached hydrogen (secondary N) is 1. The van der Waals surface area contributed by atoms with E-state index in [0.29, 0.717) is 5.02 Å². The Labute approximate surface area is 124 Å². The van der Waals surface area contributed by atoms with Crippen LogP contribution < -0.4 is 5.32 Å². The lowest BCUT2D eigenvalue weighted by molar-refractivity contribution is -0.158. The van der Waals surface area contributed by atoms with E-state index < -0.39 is 30.5 Å². The van der Waals surface area contributed by atoms with Gasteiger partial charge in [0.25, 0.3) is 0 Å². The van der Waals surface area contributed by atoms with Crippen molar-refractivity contribution in [3.8, 4) is 0 Å². The number of hydrogen-bond donors (Lipinski definition) is 1. The molecule has 0 radical (unpaired) electrons. The third-order valence-electron chi connectivity index (χ3n) is 2.39. The normalized spacial score (nSPS) is 12.6. The average Bonchev–Trinajstić information content (AvgIpc) is 2.35. The van der Waals surface area contributed by atoms with E-state index in [0.717, 1.165) is 0 Å². The maximum Gasteiger partial charge on any atom is 0.397 e. The average molecular weight is 324 g/mol. The molecule has 116 valence electrons. The minimum Gasteiger partial charge on any atom is -0.464 e. The largest absolute Gasteiger partial charge is 0.464 e. The fourth-order valence-electron chi connectivity index (χ4n) is 1.55. The molecule has 0 heterocycles. The lowest BCUT2D eigenvalue weighted by atomic mass is 10.1. The van der Waals surface area contributed by atoms with Gasteiger partial charge in [-0.05, 0) is 24.6 Å². The van der Waals surface area contributed by atoms with Crippen LogP contribution >= 0.6 is 11.6 Å². The molecule has 0 fully saturated rings. The second kappa shape index (κ2) is 7.31. The smallest absolute Gasteiger partial charge is 0.397 e. The number of halogens is 4. The van der Waals surface area contributed by atoms with E-state index >= 15 is 0 Å². The number of amides is 1. The molecule has 0 aromatic heterocycles. The molecule has 1 aromatic carbocycles. The fraction of sp³-hybridized carbons (Fsp3) is 0.385. The van der Waals surface area contributed by atoms with E-state index in [-0.39, 0.29) is 12.2 Å². The summed E-state index contributed by atoms with van der Waals surface area (Å²) in [7, 11) is 0. The second-order valence-corrected chi connectivity index (χ2v) is 4.53. The highest BCUT2D eigenvalue weighted by Gasteiger charge is 2.33. The molecular weight excluding hydrogens is 311 g/mol. The highest BCUT2D eigenvalue weighted by molar-refractivity contribution is 6.30. The SMILES string of the molecule is CCOC(=O)C(NC(=O)CC(F)(F)F)c1ccc(Cl)cc1. The summed E-state index contributed by atoms with van der Waals surface area (Å²) in [6.07, 6.45) is -6.32. The number of hydrogen-bond acceptors (Lipinski definition) is 3. The van der Waals surface area contributed by atoms with Crippen molar-refractivity contribution in [2.24, 2.45) is 0 Å². The predicted octanol–water partition coefficient (Wildman–Crippen LogP) is 3.01. The number of rotatable bonds is 5. The Morgan fingerprint density at radius 1 is 1.29 bits per heavy atom. The van der Waals surface area contributed by atoms with Crippen LogP contribution in [0, 0.1) is 0 Å². The minimum absolute atomic E-state index is 0.0397. The summed E-state index contributed by atoms with van der Waals surface area (Å²) in [4.78, 5) is 23.1. The Morgan fingerprint density at radius 2 is 1.86 bits per heavy atom. The molecule has 1 rings (SSSR count). The Hall–Kier alpha value is -1.76. The van der Waals surface area contributed by atoms with Crippen molar-refractivity contribution in [1.82, 2.24) is 5.32 Å². The van der Waals surface area contributed by atoms with Crippen LogP contribution in [0.1, 0.15) is 24.9 Å². The molecule has 0 saturated heterocycles. The zero-order valence-electron chi connectivity index (χ0n) is 11.0. The molecule has 21 heavy (non-hydrogen) atoms. The van der Waals surface area contributed by atoms with Crippen LogP contribution in [-0.2, 0) is 14.3 Å². The van der Waals surface area contributed by atoms with Gasteiger partial charge in [0.2, 0.25) is 5.91 Å². The third kappa shape index (κ3) is 6.03. The Bertz CT molecular complexity index is 502. The standard InChI is InChI=1S/C13H13ClF3NO3/c1-2-21-12(20)11(8-3-5-9(14)6-4-8)18-10(19)7-13(15,16)17/h3-6,11H,2,7H2,1H3,(H,18,19). The lowest BCUT2D eigenvalue weighted by Crippen LogP contribution is -2.37. The lowest BCUT2D eigenvalue weighted by Gasteiger charge is -2.18. The van der Waals surface area contributed by atoms with Gasteiger partial charge in [0.05, 0.1) is 6.61 Å². The maximum atomic E-state index is 12.2. The summed E-state index contributed by atoms with van der Waals surface area (Å²) in [5.41, 5.74) is 0.286. The topological polar surface area (TPSA) is 55.4 Å². The molecule has 0 saturated carbocycles. The van der Waals surface area contributed by atoms with Gasteiger partial charge in [0, 0.05) is 5.02 Å². The number of carbonyl (C=O) groups excluding carboxylic acids is 2. The number of esters is 1. The second-order valence-electron chi connectivity index (χ2n) is 4.10. The molecule has 1 N–H and O–H groups in total. The molecule has 0 aliphatic rings. The summed E-state index contributed by atoms with van der Waals surface area (Å²) in [6.45, 7) is 1.59. The first-order valence-electron chi connectivity index (χ1n) is 6.01. The van der Waals surface area contributed by atoms with Gasteiger partial charge in [-0.2, -0.15) is 13.2 Å². The van der Waals surface area contributed by atoms with Crippen LogP contribution in [0.5, 0.6) is 0 Å². The van der Waals surface area contributed by atoms with Gasteiger partial charge in [-0.3, -0.25) is 4.79 Å². The predicted molar refractivity (Wildman–Crippen MR) is 69.6 cm³/mol. The van der Waals surface area contributed by atoms with Crippen molar-refractivity contribution in [3.63, 3.8) is 0 Å². The third-order valence-corrected chi connectivity index (χ3v) is 2.64. The van der Waals surface area contributed by atoms with Crippen LogP contribution in [0.2, 0.25) is 5.02 Å². The van der Waals surface area contributed by atoms with Gasteiger partial charge in [-0.15, -0.1) is 0 Å². The summed E-state index contributed by atoms with van der Waals surface area (Å²) in [5.74, 6) is -2.15. The van der Waals surface area contributed by atoms with Crippen LogP contribution in [0.15, 0.2) is 24.3 Å². The van der Waals surface area contributed by atoms with Crippen molar-refractivity contribution in [2.75, 3.05) is 6.61 Å². The fourth-order valence-corrected chi connectivity index (χ4v) is 1.68. The number of carbonyl (C=O) groups is 2. The highest BCUT2D eigenvalue weighted by Crippen LogP contribution is 2.22. The van der Waals surface area contributed by atoms with Crippen LogP contribution in [0.4, 0.5) is 13.2 Å². The first-order valence-corrected chi connectivity index (χ1v) is 6.39. The molecule has 8 heteroatoms. The van der Waals surface area contributed by atoms with E-state index in [1.807, 2.05) is 5.32 Å². The zero-order valence-corrected chi connectivity index (χ0v) is 11.8. The van der Waals surface area contributed by atoms with Gasteiger partial charge in [-0.25, -0.2) is 4.79 Å². The van der Waals surface area contributed by atoms with Crippen molar-refractivity contribution in [3.05, 3.63) is 34.9 Å². The van der Waals surface area contributed by atoms with Crippen molar-refractivity contribution in [1.29, 1.82) is 0 Å². The molecule has 0 aliphatic heterocycles. The molecule has 0 aliphatic carbocycles. The van der Waals surface area contributed by atoms with E-state index in [9.17, 15) is 22.8 Å². The van der Waals surface area contributed by atoms with E-state index in [2.05, 4.69) is 0 Å². The number of benzene rings is 1. The van der Waals surface area contributed by atoms with Gasteiger partial charge in [-0.1, -0.05) is 23.7 Å². The van der Waals surface area contributed by atoms with Crippen molar-refractivity contribution < 1.29 is 27.5 Å². The first-order chi connectivity index (χ1) is 9.73. The maximum absolute atomic E-state index is 12.2. The summed E-state index contributed by atoms with van der Waals surface area (Å²) < 4.78 is 41.3. The minimum atomic E-state index is -4.65. The van der Waals surface area contributed by atoms with Gasteiger partial charge >= 0.3 is 12.1 Å². The van der Waals surface area contributed by atoms with Crippen molar-refractivity contribution >= 4 is 23.5 Å². The van der Waals surface area contributed by atoms with Crippen molar-refractivity contribution in [2.45, 2.75) is 25.6 Å². The molecule has 1 aromatic rings. The zero-order chi connectivity index (χ0) is 16.0. The van der Waals surface area contributed by atoms with Gasteiger partial charge < -0.3 is 10.1 Å². The quantitative estimate of drug-likeness (QED) is 0.847. The first kappa shape index (κ1) is 17.3. The van der Waals surface area contributed by atoms with Crippen LogP contribution in [0.25, 0.3) is 0 Å². The molecule has 1 atom stereocenters. The Kier molecular flexibility index (Phi) is 6.02. The monoisotopic (exact) mass is 323 g/mol. The molecule has 0 bridgehead atoms. The molecule has 0 spiro atoms. The Morgan fingerprint density at radius 3 is 2.33 bits per heavy atom. The van der Waals surface area contributed by atoms with E-state index in [1.165, 1.54) is 24.3 Å². The molecular formula is C13H13ClF3NO3. The summed E-state index contributed by atoms with van der Waals surface area (Å²) in [5, 5.41) is 2.41. The van der Waals surface area contributed by atoms with Crippen LogP contribution in [0.3, 0.4) is 0 Å². The summed E-state index contributed by atoms with van der Waals surface area (Å²) in [6, 6.07) is 4.46. The van der Waals surface area contributed by atoms with Gasteiger partial charge in [0.1, 0.15) is 6.42 Å². The molecule has 1 amide bonds. The van der Waals surface area contributed by atoms with Gasteiger partial charge in [0.15, 0.2) is 6.04 Å². The summed E-state index contributed by atoms with van der Waals surface area (Å²) >= 11 is 5.70. The van der Waals surface area contributed by atoms with E-state index in [1.54, 1.807) is 6.92 Å². The highest BCUT2D eigenvalue weighted by atomic mass is 35.5. The molecule has 1 unspecified atom stereocenters. The Balaban J connectivity index is 2.90. The van der Waals surface area contributed by atoms with Crippen LogP contribution in [-0.4, -0.2) is 24.7 Å².